The van der Waals surface area contributed by atoms with Crippen LogP contribution in [0, 0.1) is 0 Å². The number of hydrogen-bond acceptors (Lipinski definition) is 4. The van der Waals surface area contributed by atoms with Gasteiger partial charge in [-0.15, -0.1) is 22.7 Å². The summed E-state index contributed by atoms with van der Waals surface area (Å²) in [4.78, 5) is 4.20. The van der Waals surface area contributed by atoms with Crippen molar-refractivity contribution in [1.29, 1.82) is 0 Å². The Bertz CT molecular complexity index is 679. The lowest BCUT2D eigenvalue weighted by molar-refractivity contribution is 1.39. The van der Waals surface area contributed by atoms with E-state index in [1.807, 2.05) is 11.5 Å². The standard InChI is InChI=1S/C13H10N2S2/c14-13-15-10(8-17-13)6-5-9-7-16-12-4-2-1-3-11(9)12/h1-8H,(H2,14,15). The van der Waals surface area contributed by atoms with Crippen molar-refractivity contribution in [3.05, 3.63) is 46.3 Å². The second-order valence-corrected chi connectivity index (χ2v) is 5.43. The van der Waals surface area contributed by atoms with Gasteiger partial charge in [0.15, 0.2) is 5.13 Å². The summed E-state index contributed by atoms with van der Waals surface area (Å²) in [6, 6.07) is 8.40. The zero-order valence-electron chi connectivity index (χ0n) is 8.96. The molecule has 84 valence electrons. The Balaban J connectivity index is 1.97. The number of rotatable bonds is 2. The minimum absolute atomic E-state index is 0.611. The summed E-state index contributed by atoms with van der Waals surface area (Å²) in [7, 11) is 0. The lowest BCUT2D eigenvalue weighted by Crippen LogP contribution is -1.80. The molecule has 0 unspecified atom stereocenters. The Kier molecular flexibility index (Phi) is 2.66. The largest absolute Gasteiger partial charge is 0.375 e. The van der Waals surface area contributed by atoms with Crippen molar-refractivity contribution < 1.29 is 0 Å². The van der Waals surface area contributed by atoms with Gasteiger partial charge in [-0.05, 0) is 28.5 Å². The first-order valence-electron chi connectivity index (χ1n) is 5.18. The van der Waals surface area contributed by atoms with Crippen LogP contribution in [0.25, 0.3) is 22.2 Å². The minimum Gasteiger partial charge on any atom is -0.375 e. The maximum absolute atomic E-state index is 5.59. The fourth-order valence-electron chi connectivity index (χ4n) is 1.68. The average molecular weight is 258 g/mol. The third-order valence-corrected chi connectivity index (χ3v) is 4.16. The van der Waals surface area contributed by atoms with E-state index in [1.165, 1.54) is 27.0 Å². The van der Waals surface area contributed by atoms with Gasteiger partial charge in [-0.3, -0.25) is 0 Å². The Hall–Kier alpha value is -1.65. The summed E-state index contributed by atoms with van der Waals surface area (Å²) in [5.41, 5.74) is 7.75. The monoisotopic (exact) mass is 258 g/mol. The van der Waals surface area contributed by atoms with Crippen molar-refractivity contribution in [2.45, 2.75) is 0 Å². The number of anilines is 1. The molecule has 0 spiro atoms. The van der Waals surface area contributed by atoms with Crippen molar-refractivity contribution in [1.82, 2.24) is 4.98 Å². The summed E-state index contributed by atoms with van der Waals surface area (Å²) < 4.78 is 1.31. The van der Waals surface area contributed by atoms with Crippen LogP contribution in [0.4, 0.5) is 5.13 Å². The number of nitrogens with two attached hydrogens (primary N) is 1. The number of thiazole rings is 1. The maximum Gasteiger partial charge on any atom is 0.180 e. The van der Waals surface area contributed by atoms with E-state index in [0.717, 1.165) is 5.69 Å². The van der Waals surface area contributed by atoms with Crippen LogP contribution >= 0.6 is 22.7 Å². The third-order valence-electron chi connectivity index (χ3n) is 2.48. The Morgan fingerprint density at radius 2 is 1.94 bits per heavy atom. The number of nitrogen functional groups attached to an aromatic ring is 1. The van der Waals surface area contributed by atoms with E-state index in [0.29, 0.717) is 5.13 Å². The van der Waals surface area contributed by atoms with Crippen LogP contribution in [0.2, 0.25) is 0 Å². The fourth-order valence-corrected chi connectivity index (χ4v) is 3.14. The molecule has 0 aliphatic heterocycles. The predicted molar refractivity (Wildman–Crippen MR) is 77.3 cm³/mol. The van der Waals surface area contributed by atoms with E-state index in [2.05, 4.69) is 40.7 Å². The van der Waals surface area contributed by atoms with Crippen molar-refractivity contribution in [3.8, 4) is 0 Å². The lowest BCUT2D eigenvalue weighted by Gasteiger charge is -1.90. The second kappa shape index (κ2) is 4.31. The summed E-state index contributed by atoms with van der Waals surface area (Å²) in [6.07, 6.45) is 4.09. The molecule has 4 heteroatoms. The molecule has 0 amide bonds. The Morgan fingerprint density at radius 3 is 2.76 bits per heavy atom. The highest BCUT2D eigenvalue weighted by molar-refractivity contribution is 7.17. The Labute approximate surface area is 107 Å². The Morgan fingerprint density at radius 1 is 1.06 bits per heavy atom. The average Bonchev–Trinajstić information content (AvgIpc) is 2.93. The molecule has 0 atom stereocenters. The first-order chi connectivity index (χ1) is 8.33. The second-order valence-electron chi connectivity index (χ2n) is 3.63. The molecule has 0 fully saturated rings. The zero-order chi connectivity index (χ0) is 11.7. The number of benzene rings is 1. The van der Waals surface area contributed by atoms with Crippen LogP contribution < -0.4 is 5.73 Å². The molecule has 0 aliphatic carbocycles. The van der Waals surface area contributed by atoms with Gasteiger partial charge in [0.25, 0.3) is 0 Å². The van der Waals surface area contributed by atoms with E-state index in [4.69, 9.17) is 5.73 Å². The summed E-state index contributed by atoms with van der Waals surface area (Å²) >= 11 is 3.22. The number of fused-ring (bicyclic) bond motifs is 1. The maximum atomic E-state index is 5.59. The van der Waals surface area contributed by atoms with Crippen LogP contribution in [-0.2, 0) is 0 Å². The molecule has 2 nitrogen and oxygen atoms in total. The summed E-state index contributed by atoms with van der Waals surface area (Å²) in [6.45, 7) is 0. The molecule has 0 saturated carbocycles. The SMILES string of the molecule is Nc1nc(C=Cc2csc3ccccc23)cs1. The highest BCUT2D eigenvalue weighted by Crippen LogP contribution is 2.27. The van der Waals surface area contributed by atoms with Crippen LogP contribution in [0.3, 0.4) is 0 Å². The molecular weight excluding hydrogens is 248 g/mol. The molecular formula is C13H10N2S2. The van der Waals surface area contributed by atoms with Gasteiger partial charge in [-0.2, -0.15) is 0 Å². The van der Waals surface area contributed by atoms with Crippen molar-refractivity contribution in [3.63, 3.8) is 0 Å². The third kappa shape index (κ3) is 2.09. The zero-order valence-corrected chi connectivity index (χ0v) is 10.6. The van der Waals surface area contributed by atoms with Gasteiger partial charge >= 0.3 is 0 Å². The molecule has 2 heterocycles. The predicted octanol–water partition coefficient (Wildman–Crippen LogP) is 4.11. The highest BCUT2D eigenvalue weighted by Gasteiger charge is 2.00. The molecule has 0 radical (unpaired) electrons. The van der Waals surface area contributed by atoms with Gasteiger partial charge in [0, 0.05) is 10.1 Å². The van der Waals surface area contributed by atoms with E-state index >= 15 is 0 Å². The van der Waals surface area contributed by atoms with E-state index < -0.39 is 0 Å². The van der Waals surface area contributed by atoms with Crippen LogP contribution in [-0.4, -0.2) is 4.98 Å². The summed E-state index contributed by atoms with van der Waals surface area (Å²) in [5, 5.41) is 6.02. The van der Waals surface area contributed by atoms with E-state index in [-0.39, 0.29) is 0 Å². The van der Waals surface area contributed by atoms with Gasteiger partial charge in [0.2, 0.25) is 0 Å². The molecule has 0 bridgehead atoms. The van der Waals surface area contributed by atoms with Gasteiger partial charge in [-0.25, -0.2) is 4.98 Å². The van der Waals surface area contributed by atoms with Crippen LogP contribution in [0.5, 0.6) is 0 Å². The van der Waals surface area contributed by atoms with Crippen LogP contribution in [0.1, 0.15) is 11.3 Å². The van der Waals surface area contributed by atoms with Gasteiger partial charge < -0.3 is 5.73 Å². The van der Waals surface area contributed by atoms with E-state index in [9.17, 15) is 0 Å². The lowest BCUT2D eigenvalue weighted by atomic mass is 10.1. The first kappa shape index (κ1) is 10.5. The summed E-state index contributed by atoms with van der Waals surface area (Å²) in [5.74, 6) is 0. The molecule has 3 aromatic rings. The van der Waals surface area contributed by atoms with Gasteiger partial charge in [0.1, 0.15) is 0 Å². The minimum atomic E-state index is 0.611. The molecule has 1 aromatic carbocycles. The molecule has 2 N–H and O–H groups in total. The fraction of sp³-hybridized carbons (Fsp3) is 0. The van der Waals surface area contributed by atoms with Crippen molar-refractivity contribution in [2.24, 2.45) is 0 Å². The normalized spacial score (nSPS) is 11.5. The molecule has 17 heavy (non-hydrogen) atoms. The number of thiophene rings is 1. The highest BCUT2D eigenvalue weighted by atomic mass is 32.1. The number of nitrogens with zero attached hydrogens (tertiary/aromatic N) is 1. The first-order valence-corrected chi connectivity index (χ1v) is 6.94. The van der Waals surface area contributed by atoms with E-state index in [1.54, 1.807) is 11.3 Å². The molecule has 0 saturated heterocycles. The quantitative estimate of drug-likeness (QED) is 0.751. The topological polar surface area (TPSA) is 38.9 Å². The molecule has 2 aromatic heterocycles. The van der Waals surface area contributed by atoms with Crippen molar-refractivity contribution in [2.75, 3.05) is 5.73 Å². The molecule has 3 rings (SSSR count). The smallest absolute Gasteiger partial charge is 0.180 e. The van der Waals surface area contributed by atoms with Gasteiger partial charge in [0.05, 0.1) is 5.69 Å². The van der Waals surface area contributed by atoms with Crippen molar-refractivity contribution >= 4 is 50.0 Å². The van der Waals surface area contributed by atoms with Crippen LogP contribution in [0.15, 0.2) is 35.0 Å². The molecule has 0 aliphatic rings. The number of aromatic nitrogens is 1. The van der Waals surface area contributed by atoms with Gasteiger partial charge in [-0.1, -0.05) is 24.3 Å². The number of hydrogen-bond donors (Lipinski definition) is 1.